The molecule has 3 heterocycles. The van der Waals surface area contributed by atoms with Gasteiger partial charge < -0.3 is 10.2 Å². The number of carbonyl (C=O) groups is 2. The van der Waals surface area contributed by atoms with Crippen molar-refractivity contribution < 1.29 is 18.4 Å². The summed E-state index contributed by atoms with van der Waals surface area (Å²) in [5.41, 5.74) is 2.16. The van der Waals surface area contributed by atoms with E-state index in [4.69, 9.17) is 11.6 Å². The van der Waals surface area contributed by atoms with Crippen molar-refractivity contribution >= 4 is 34.7 Å². The summed E-state index contributed by atoms with van der Waals surface area (Å²) in [4.78, 5) is 31.7. The van der Waals surface area contributed by atoms with Crippen molar-refractivity contribution in [3.05, 3.63) is 113 Å². The largest absolute Gasteiger partial charge is 0.347 e. The molecule has 10 heteroatoms. The molecule has 2 amide bonds. The summed E-state index contributed by atoms with van der Waals surface area (Å²) in [6.45, 7) is 1.68. The van der Waals surface area contributed by atoms with Gasteiger partial charge in [0.1, 0.15) is 0 Å². The van der Waals surface area contributed by atoms with Gasteiger partial charge in [0.25, 0.3) is 11.8 Å². The number of pyridine rings is 1. The molecule has 0 aliphatic carbocycles. The highest BCUT2D eigenvalue weighted by atomic mass is 35.5. The van der Waals surface area contributed by atoms with Gasteiger partial charge in [-0.3, -0.25) is 14.6 Å². The topological polar surface area (TPSA) is 80.1 Å². The zero-order chi connectivity index (χ0) is 27.6. The van der Waals surface area contributed by atoms with E-state index in [1.54, 1.807) is 71.7 Å². The molecule has 2 aromatic carbocycles. The number of hydrogen-bond donors (Lipinski definition) is 1. The van der Waals surface area contributed by atoms with E-state index in [9.17, 15) is 9.59 Å². The first kappa shape index (κ1) is 26.2. The molecule has 1 aliphatic rings. The monoisotopic (exact) mass is 547 g/mol. The molecule has 7 nitrogen and oxygen atoms in total. The summed E-state index contributed by atoms with van der Waals surface area (Å²) in [5.74, 6) is -4.57. The Hall–Kier alpha value is -4.37. The van der Waals surface area contributed by atoms with Crippen molar-refractivity contribution in [2.45, 2.75) is 25.8 Å². The maximum atomic E-state index is 15.5. The highest BCUT2D eigenvalue weighted by molar-refractivity contribution is 6.34. The quantitative estimate of drug-likeness (QED) is 0.329. The molecule has 0 fully saturated rings. The van der Waals surface area contributed by atoms with E-state index in [1.165, 1.54) is 11.0 Å². The number of anilines is 1. The van der Waals surface area contributed by atoms with Crippen LogP contribution in [0.3, 0.4) is 0 Å². The van der Waals surface area contributed by atoms with E-state index in [0.717, 1.165) is 11.8 Å². The van der Waals surface area contributed by atoms with Crippen LogP contribution >= 0.6 is 11.6 Å². The normalized spacial score (nSPS) is 15.5. The van der Waals surface area contributed by atoms with Crippen molar-refractivity contribution in [1.82, 2.24) is 20.1 Å². The number of para-hydroxylation sites is 1. The minimum atomic E-state index is -3.36. The molecule has 0 radical (unpaired) electrons. The lowest BCUT2D eigenvalue weighted by Crippen LogP contribution is -2.33. The Labute approximate surface area is 228 Å². The maximum Gasteiger partial charge on any atom is 0.275 e. The van der Waals surface area contributed by atoms with Gasteiger partial charge in [-0.05, 0) is 49.4 Å². The number of aryl methyl sites for hydroxylation is 1. The van der Waals surface area contributed by atoms with Gasteiger partial charge >= 0.3 is 0 Å². The number of benzene rings is 2. The molecule has 0 unspecified atom stereocenters. The van der Waals surface area contributed by atoms with Crippen molar-refractivity contribution in [2.24, 2.45) is 0 Å². The van der Waals surface area contributed by atoms with Crippen molar-refractivity contribution in [3.8, 4) is 5.69 Å². The second kappa shape index (κ2) is 10.8. The average molecular weight is 548 g/mol. The van der Waals surface area contributed by atoms with E-state index in [0.29, 0.717) is 11.4 Å². The first-order valence-electron chi connectivity index (χ1n) is 12.2. The minimum Gasteiger partial charge on any atom is -0.347 e. The molecule has 1 N–H and O–H groups in total. The van der Waals surface area contributed by atoms with Gasteiger partial charge in [-0.2, -0.15) is 5.10 Å². The van der Waals surface area contributed by atoms with Crippen LogP contribution in [-0.4, -0.2) is 39.0 Å². The lowest BCUT2D eigenvalue weighted by Gasteiger charge is -2.23. The molecule has 0 spiro atoms. The van der Waals surface area contributed by atoms with Gasteiger partial charge in [-0.25, -0.2) is 13.5 Å². The number of alkyl halides is 2. The second-order valence-electron chi connectivity index (χ2n) is 9.09. The molecule has 5 rings (SSSR count). The molecule has 39 heavy (non-hydrogen) atoms. The SMILES string of the molecule is Cc1ccn(-c2ccc(C(=O)N3CCC(F)(F)/C(=C/C(=O)NCc4ccccn4)c4ccccc43)c(Cl)c2)n1. The van der Waals surface area contributed by atoms with E-state index in [1.807, 2.05) is 13.0 Å². The third kappa shape index (κ3) is 5.58. The molecule has 0 saturated heterocycles. The summed E-state index contributed by atoms with van der Waals surface area (Å²) in [6, 6.07) is 18.3. The fraction of sp³-hybridized carbons (Fsp3) is 0.172. The minimum absolute atomic E-state index is 0.0911. The number of nitrogens with zero attached hydrogens (tertiary/aromatic N) is 4. The number of amides is 2. The molecule has 2 aromatic heterocycles. The van der Waals surface area contributed by atoms with Gasteiger partial charge in [-0.15, -0.1) is 0 Å². The molecule has 1 aliphatic heterocycles. The third-order valence-electron chi connectivity index (χ3n) is 6.39. The molecular weight excluding hydrogens is 524 g/mol. The number of rotatable bonds is 5. The number of allylic oxidation sites excluding steroid dienone is 1. The molecule has 198 valence electrons. The van der Waals surface area contributed by atoms with Crippen LogP contribution in [0.4, 0.5) is 14.5 Å². The van der Waals surface area contributed by atoms with Crippen LogP contribution in [0, 0.1) is 6.92 Å². The Morgan fingerprint density at radius 3 is 2.62 bits per heavy atom. The van der Waals surface area contributed by atoms with Crippen LogP contribution in [0.15, 0.2) is 85.2 Å². The Kier molecular flexibility index (Phi) is 7.26. The van der Waals surface area contributed by atoms with Crippen LogP contribution in [0.25, 0.3) is 11.3 Å². The highest BCUT2D eigenvalue weighted by Gasteiger charge is 2.41. The lowest BCUT2D eigenvalue weighted by molar-refractivity contribution is -0.116. The molecule has 0 saturated carbocycles. The smallest absolute Gasteiger partial charge is 0.275 e. The third-order valence-corrected chi connectivity index (χ3v) is 6.70. The Bertz CT molecular complexity index is 1570. The predicted molar refractivity (Wildman–Crippen MR) is 145 cm³/mol. The van der Waals surface area contributed by atoms with E-state index in [2.05, 4.69) is 15.4 Å². The lowest BCUT2D eigenvalue weighted by atomic mass is 9.97. The highest BCUT2D eigenvalue weighted by Crippen LogP contribution is 2.43. The Morgan fingerprint density at radius 1 is 1.10 bits per heavy atom. The second-order valence-corrected chi connectivity index (χ2v) is 9.50. The maximum absolute atomic E-state index is 15.5. The van der Waals surface area contributed by atoms with E-state index >= 15 is 8.78 Å². The molecule has 4 aromatic rings. The number of aromatic nitrogens is 3. The van der Waals surface area contributed by atoms with Crippen molar-refractivity contribution in [3.63, 3.8) is 0 Å². The summed E-state index contributed by atoms with van der Waals surface area (Å²) in [6.07, 6.45) is 3.59. The predicted octanol–water partition coefficient (Wildman–Crippen LogP) is 5.61. The molecule has 0 bridgehead atoms. The van der Waals surface area contributed by atoms with Crippen LogP contribution in [0.2, 0.25) is 5.02 Å². The van der Waals surface area contributed by atoms with Crippen LogP contribution in [0.1, 0.15) is 33.7 Å². The molecule has 0 atom stereocenters. The standard InChI is InChI=1S/C29H24ClF2N5O2/c1-19-11-14-37(35-19)21-9-10-23(25(30)16-21)28(39)36-15-12-29(31,32)24(22-7-2-3-8-26(22)36)17-27(38)34-18-20-6-4-5-13-33-20/h2-11,13-14,16-17H,12,15,18H2,1H3,(H,34,38)/b24-17+. The Morgan fingerprint density at radius 2 is 1.90 bits per heavy atom. The fourth-order valence-corrected chi connectivity index (χ4v) is 4.68. The van der Waals surface area contributed by atoms with Crippen LogP contribution < -0.4 is 10.2 Å². The summed E-state index contributed by atoms with van der Waals surface area (Å²) >= 11 is 6.50. The van der Waals surface area contributed by atoms with Gasteiger partial charge in [0.05, 0.1) is 39.9 Å². The van der Waals surface area contributed by atoms with Gasteiger partial charge in [-0.1, -0.05) is 35.9 Å². The number of carbonyl (C=O) groups excluding carboxylic acids is 2. The number of fused-ring (bicyclic) bond motifs is 1. The van der Waals surface area contributed by atoms with Crippen LogP contribution in [0.5, 0.6) is 0 Å². The van der Waals surface area contributed by atoms with Gasteiger partial charge in [0.15, 0.2) is 0 Å². The first-order chi connectivity index (χ1) is 18.7. The number of hydrogen-bond acceptors (Lipinski definition) is 4. The number of halogens is 3. The van der Waals surface area contributed by atoms with Crippen LogP contribution in [-0.2, 0) is 11.3 Å². The van der Waals surface area contributed by atoms with Crippen molar-refractivity contribution in [2.75, 3.05) is 11.4 Å². The zero-order valence-electron chi connectivity index (χ0n) is 20.9. The Balaban J connectivity index is 1.46. The first-order valence-corrected chi connectivity index (χ1v) is 12.6. The van der Waals surface area contributed by atoms with Gasteiger partial charge in [0.2, 0.25) is 5.91 Å². The summed E-state index contributed by atoms with van der Waals surface area (Å²) in [7, 11) is 0. The van der Waals surface area contributed by atoms with E-state index < -0.39 is 29.7 Å². The zero-order valence-corrected chi connectivity index (χ0v) is 21.7. The molecular formula is C29H24ClF2N5O2. The number of nitrogens with one attached hydrogen (secondary N) is 1. The summed E-state index contributed by atoms with van der Waals surface area (Å²) < 4.78 is 32.5. The average Bonchev–Trinajstić information content (AvgIpc) is 3.33. The fourth-order valence-electron chi connectivity index (χ4n) is 4.42. The summed E-state index contributed by atoms with van der Waals surface area (Å²) in [5, 5.41) is 7.12. The van der Waals surface area contributed by atoms with Crippen molar-refractivity contribution in [1.29, 1.82) is 0 Å². The van der Waals surface area contributed by atoms with E-state index in [-0.39, 0.29) is 34.9 Å². The van der Waals surface area contributed by atoms with Gasteiger partial charge in [0, 0.05) is 42.6 Å².